The Kier molecular flexibility index (Phi) is 4.92. The summed E-state index contributed by atoms with van der Waals surface area (Å²) in [5.41, 5.74) is -0.692. The molecule has 1 aromatic carbocycles. The quantitative estimate of drug-likeness (QED) is 0.889. The van der Waals surface area contributed by atoms with Crippen LogP contribution in [0.25, 0.3) is 0 Å². The molecule has 0 radical (unpaired) electrons. The van der Waals surface area contributed by atoms with Crippen LogP contribution < -0.4 is 4.72 Å². The summed E-state index contributed by atoms with van der Waals surface area (Å²) in [5, 5.41) is 9.17. The summed E-state index contributed by atoms with van der Waals surface area (Å²) in [7, 11) is -4.02. The van der Waals surface area contributed by atoms with E-state index in [0.29, 0.717) is 0 Å². The van der Waals surface area contributed by atoms with E-state index in [4.69, 9.17) is 16.7 Å². The summed E-state index contributed by atoms with van der Waals surface area (Å²) >= 11 is 5.81. The first-order chi connectivity index (χ1) is 9.77. The molecule has 2 rings (SSSR count). The van der Waals surface area contributed by atoms with Crippen LogP contribution in [-0.4, -0.2) is 19.1 Å². The molecule has 2 N–H and O–H groups in total. The summed E-state index contributed by atoms with van der Waals surface area (Å²) in [4.78, 5) is -0.508. The Bertz CT molecular complexity index is 627. The fraction of sp³-hybridized carbons (Fsp3) is 0.571. The Balaban J connectivity index is 2.38. The van der Waals surface area contributed by atoms with Crippen molar-refractivity contribution in [2.24, 2.45) is 0 Å². The van der Waals surface area contributed by atoms with Gasteiger partial charge in [-0.25, -0.2) is 17.5 Å². The molecule has 1 aliphatic rings. The summed E-state index contributed by atoms with van der Waals surface area (Å²) < 4.78 is 41.7. The van der Waals surface area contributed by atoms with Crippen LogP contribution in [-0.2, 0) is 16.6 Å². The molecule has 0 bridgehead atoms. The van der Waals surface area contributed by atoms with E-state index in [1.54, 1.807) is 0 Å². The van der Waals surface area contributed by atoms with E-state index in [0.717, 1.165) is 38.2 Å². The Morgan fingerprint density at radius 2 is 1.95 bits per heavy atom. The largest absolute Gasteiger partial charge is 0.392 e. The number of halogens is 2. The first-order valence-corrected chi connectivity index (χ1v) is 8.76. The third kappa shape index (κ3) is 3.74. The zero-order valence-electron chi connectivity index (χ0n) is 11.8. The lowest BCUT2D eigenvalue weighted by molar-refractivity contribution is 0.274. The van der Waals surface area contributed by atoms with E-state index in [2.05, 4.69) is 4.72 Å². The maximum Gasteiger partial charge on any atom is 0.244 e. The van der Waals surface area contributed by atoms with Gasteiger partial charge in [0.15, 0.2) is 0 Å². The van der Waals surface area contributed by atoms with Gasteiger partial charge in [0.05, 0.1) is 6.61 Å². The molecule has 4 nitrogen and oxygen atoms in total. The highest BCUT2D eigenvalue weighted by Crippen LogP contribution is 2.31. The molecule has 0 aromatic heterocycles. The normalized spacial score (nSPS) is 18.7. The van der Waals surface area contributed by atoms with Crippen LogP contribution in [0.2, 0.25) is 5.02 Å². The van der Waals surface area contributed by atoms with E-state index in [1.807, 2.05) is 6.92 Å². The van der Waals surface area contributed by atoms with E-state index in [-0.39, 0.29) is 10.6 Å². The molecule has 21 heavy (non-hydrogen) atoms. The van der Waals surface area contributed by atoms with Crippen molar-refractivity contribution in [3.8, 4) is 0 Å². The van der Waals surface area contributed by atoms with Crippen molar-refractivity contribution in [3.63, 3.8) is 0 Å². The lowest BCUT2D eigenvalue weighted by Gasteiger charge is -2.34. The second-order valence-electron chi connectivity index (χ2n) is 5.76. The van der Waals surface area contributed by atoms with Gasteiger partial charge < -0.3 is 5.11 Å². The molecule has 0 heterocycles. The molecule has 1 aromatic rings. The predicted octanol–water partition coefficient (Wildman–Crippen LogP) is 2.97. The number of hydrogen-bond donors (Lipinski definition) is 2. The van der Waals surface area contributed by atoms with Gasteiger partial charge in [-0.1, -0.05) is 30.9 Å². The highest BCUT2D eigenvalue weighted by atomic mass is 35.5. The molecule has 0 atom stereocenters. The molecular formula is C14H19ClFNO3S. The zero-order chi connectivity index (χ0) is 15.7. The maximum absolute atomic E-state index is 14.2. The van der Waals surface area contributed by atoms with Crippen molar-refractivity contribution in [3.05, 3.63) is 28.5 Å². The van der Waals surface area contributed by atoms with E-state index in [9.17, 15) is 12.8 Å². The number of sulfonamides is 1. The zero-order valence-corrected chi connectivity index (χ0v) is 13.4. The average molecular weight is 336 g/mol. The summed E-state index contributed by atoms with van der Waals surface area (Å²) in [5.74, 6) is -0.950. The van der Waals surface area contributed by atoms with Crippen molar-refractivity contribution in [1.82, 2.24) is 4.72 Å². The van der Waals surface area contributed by atoms with Gasteiger partial charge in [0.25, 0.3) is 0 Å². The van der Waals surface area contributed by atoms with Crippen LogP contribution in [0.5, 0.6) is 0 Å². The molecule has 0 aliphatic heterocycles. The number of rotatable bonds is 4. The van der Waals surface area contributed by atoms with Gasteiger partial charge in [-0.15, -0.1) is 0 Å². The van der Waals surface area contributed by atoms with Crippen molar-refractivity contribution >= 4 is 21.6 Å². The van der Waals surface area contributed by atoms with Gasteiger partial charge in [-0.05, 0) is 31.9 Å². The molecule has 0 amide bonds. The number of aliphatic hydroxyl groups is 1. The number of aliphatic hydroxyl groups excluding tert-OH is 1. The fourth-order valence-corrected chi connectivity index (χ4v) is 4.66. The van der Waals surface area contributed by atoms with Gasteiger partial charge in [0, 0.05) is 16.1 Å². The number of hydrogen-bond acceptors (Lipinski definition) is 3. The van der Waals surface area contributed by atoms with Gasteiger partial charge in [0.1, 0.15) is 10.7 Å². The van der Waals surface area contributed by atoms with Crippen molar-refractivity contribution in [2.75, 3.05) is 0 Å². The highest BCUT2D eigenvalue weighted by molar-refractivity contribution is 7.89. The van der Waals surface area contributed by atoms with Gasteiger partial charge in [-0.3, -0.25) is 0 Å². The topological polar surface area (TPSA) is 66.4 Å². The molecule has 0 spiro atoms. The molecular weight excluding hydrogens is 317 g/mol. The Labute approximate surface area is 129 Å². The minimum absolute atomic E-state index is 0.0784. The van der Waals surface area contributed by atoms with Crippen molar-refractivity contribution < 1.29 is 17.9 Å². The third-order valence-corrected chi connectivity index (χ3v) is 5.73. The number of nitrogens with one attached hydrogen (secondary N) is 1. The Morgan fingerprint density at radius 1 is 1.33 bits per heavy atom. The average Bonchev–Trinajstić information content (AvgIpc) is 2.40. The smallest absolute Gasteiger partial charge is 0.244 e. The van der Waals surface area contributed by atoms with Crippen LogP contribution in [0.3, 0.4) is 0 Å². The summed E-state index contributed by atoms with van der Waals surface area (Å²) in [6.45, 7) is 1.23. The van der Waals surface area contributed by atoms with Crippen molar-refractivity contribution in [1.29, 1.82) is 0 Å². The molecule has 1 aliphatic carbocycles. The molecule has 1 saturated carbocycles. The van der Waals surface area contributed by atoms with Crippen LogP contribution in [0.4, 0.5) is 4.39 Å². The monoisotopic (exact) mass is 335 g/mol. The standard InChI is InChI=1S/C14H19ClFNO3S/c1-14(5-3-2-4-6-14)17-21(19,20)12-8-11(15)7-10(9-18)13(12)16/h7-8,17-18H,2-6,9H2,1H3. The minimum Gasteiger partial charge on any atom is -0.392 e. The predicted molar refractivity (Wildman–Crippen MR) is 79.1 cm³/mol. The third-order valence-electron chi connectivity index (χ3n) is 3.88. The van der Waals surface area contributed by atoms with Crippen LogP contribution in [0, 0.1) is 5.82 Å². The summed E-state index contributed by atoms with van der Waals surface area (Å²) in [6, 6.07) is 2.29. The van der Waals surface area contributed by atoms with Gasteiger partial charge in [-0.2, -0.15) is 0 Å². The molecule has 0 saturated heterocycles. The SMILES string of the molecule is CC1(NS(=O)(=O)c2cc(Cl)cc(CO)c2F)CCCCC1. The molecule has 7 heteroatoms. The second-order valence-corrected chi connectivity index (χ2v) is 7.85. The molecule has 118 valence electrons. The van der Waals surface area contributed by atoms with Crippen LogP contribution in [0.15, 0.2) is 17.0 Å². The molecule has 0 unspecified atom stereocenters. The van der Waals surface area contributed by atoms with Crippen LogP contribution >= 0.6 is 11.6 Å². The van der Waals surface area contributed by atoms with Crippen LogP contribution in [0.1, 0.15) is 44.6 Å². The first kappa shape index (κ1) is 16.7. The lowest BCUT2D eigenvalue weighted by atomic mass is 9.84. The molecule has 1 fully saturated rings. The van der Waals surface area contributed by atoms with Gasteiger partial charge in [0.2, 0.25) is 10.0 Å². The fourth-order valence-electron chi connectivity index (χ4n) is 2.74. The number of benzene rings is 1. The Hall–Kier alpha value is -0.690. The highest BCUT2D eigenvalue weighted by Gasteiger charge is 2.33. The minimum atomic E-state index is -4.02. The van der Waals surface area contributed by atoms with Gasteiger partial charge >= 0.3 is 0 Å². The Morgan fingerprint density at radius 3 is 2.52 bits per heavy atom. The van der Waals surface area contributed by atoms with E-state index >= 15 is 0 Å². The maximum atomic E-state index is 14.2. The van der Waals surface area contributed by atoms with E-state index < -0.39 is 32.9 Å². The second kappa shape index (κ2) is 6.20. The van der Waals surface area contributed by atoms with Crippen molar-refractivity contribution in [2.45, 2.75) is 56.1 Å². The van der Waals surface area contributed by atoms with E-state index in [1.165, 1.54) is 6.07 Å². The lowest BCUT2D eigenvalue weighted by Crippen LogP contribution is -2.47. The summed E-state index contributed by atoms with van der Waals surface area (Å²) in [6.07, 6.45) is 4.41. The first-order valence-electron chi connectivity index (χ1n) is 6.90.